The molecular formula is C55H77N15O11. The number of guanidine groups is 2. The van der Waals surface area contributed by atoms with E-state index < -0.39 is 115 Å². The summed E-state index contributed by atoms with van der Waals surface area (Å²) in [5, 5.41) is 33.4. The molecule has 8 atom stereocenters. The predicted octanol–water partition coefficient (Wildman–Crippen LogP) is -2.91. The number of aliphatic hydroxyl groups excluding tert-OH is 1. The van der Waals surface area contributed by atoms with Gasteiger partial charge < -0.3 is 80.2 Å². The number of carbonyl (C=O) groups excluding carboxylic acids is 8. The van der Waals surface area contributed by atoms with E-state index in [-0.39, 0.29) is 89.5 Å². The number of carbonyl (C=O) groups is 9. The highest BCUT2D eigenvalue weighted by atomic mass is 16.4. The quantitative estimate of drug-likeness (QED) is 0.0181. The fourth-order valence-electron chi connectivity index (χ4n) is 9.69. The number of carboxylic acid groups (broad SMARTS) is 1. The Hall–Kier alpha value is -8.65. The Morgan fingerprint density at radius 2 is 1.06 bits per heavy atom. The molecule has 0 saturated carbocycles. The fraction of sp³-hybridized carbons (Fsp3) is 0.473. The molecule has 3 aromatic carbocycles. The van der Waals surface area contributed by atoms with E-state index in [0.717, 1.165) is 5.56 Å². The molecule has 3 aromatic rings. The van der Waals surface area contributed by atoms with Crippen molar-refractivity contribution in [3.05, 3.63) is 108 Å². The molecule has 26 nitrogen and oxygen atoms in total. The molecule has 2 saturated heterocycles. The van der Waals surface area contributed by atoms with Crippen molar-refractivity contribution in [3.63, 3.8) is 0 Å². The lowest BCUT2D eigenvalue weighted by atomic mass is 10.0. The third-order valence-electron chi connectivity index (χ3n) is 14.0. The Kier molecular flexibility index (Phi) is 24.8. The number of carboxylic acids is 1. The molecule has 2 aliphatic rings. The summed E-state index contributed by atoms with van der Waals surface area (Å²) in [6.45, 7) is -0.914. The van der Waals surface area contributed by atoms with Gasteiger partial charge >= 0.3 is 5.97 Å². The molecule has 2 heterocycles. The van der Waals surface area contributed by atoms with Crippen LogP contribution in [0, 0.1) is 0 Å². The first kappa shape index (κ1) is 63.2. The Morgan fingerprint density at radius 3 is 1.56 bits per heavy atom. The smallest absolute Gasteiger partial charge is 0.326 e. The summed E-state index contributed by atoms with van der Waals surface area (Å²) in [6.07, 6.45) is 2.06. The fourth-order valence-corrected chi connectivity index (χ4v) is 9.69. The highest BCUT2D eigenvalue weighted by Crippen LogP contribution is 2.23. The number of hydrogen-bond acceptors (Lipinski definition) is 13. The molecule has 0 spiro atoms. The molecule has 0 radical (unpaired) electrons. The van der Waals surface area contributed by atoms with Gasteiger partial charge in [-0.1, -0.05) is 91.0 Å². The zero-order chi connectivity index (χ0) is 59.0. The summed E-state index contributed by atoms with van der Waals surface area (Å²) in [7, 11) is 1.49. The first-order valence-corrected chi connectivity index (χ1v) is 26.9. The van der Waals surface area contributed by atoms with E-state index in [1.165, 1.54) is 21.7 Å². The summed E-state index contributed by atoms with van der Waals surface area (Å²) in [5.74, 6) is -7.24. The van der Waals surface area contributed by atoms with Crippen LogP contribution in [0.25, 0.3) is 0 Å². The number of nitrogens with two attached hydrogens (primary N) is 5. The number of aliphatic hydroxyl groups is 1. The van der Waals surface area contributed by atoms with Gasteiger partial charge in [-0.05, 0) is 68.1 Å². The van der Waals surface area contributed by atoms with Gasteiger partial charge in [0.25, 0.3) is 0 Å². The van der Waals surface area contributed by atoms with Crippen molar-refractivity contribution in [2.24, 2.45) is 38.7 Å². The highest BCUT2D eigenvalue weighted by Gasteiger charge is 2.42. The molecule has 8 amide bonds. The maximum absolute atomic E-state index is 14.5. The lowest BCUT2D eigenvalue weighted by molar-refractivity contribution is -0.147. The Balaban J connectivity index is 1.24. The van der Waals surface area contributed by atoms with Crippen LogP contribution in [0.4, 0.5) is 0 Å². The third kappa shape index (κ3) is 19.6. The number of nitrogens with one attached hydrogen (secondary N) is 5. The average Bonchev–Trinajstić information content (AvgIpc) is 4.17. The second kappa shape index (κ2) is 31.8. The van der Waals surface area contributed by atoms with Crippen molar-refractivity contribution in [1.82, 2.24) is 41.3 Å². The van der Waals surface area contributed by atoms with Gasteiger partial charge in [0.1, 0.15) is 42.3 Å². The maximum atomic E-state index is 14.5. The van der Waals surface area contributed by atoms with Gasteiger partial charge in [-0.25, -0.2) is 4.79 Å². The molecule has 2 fully saturated rings. The van der Waals surface area contributed by atoms with Gasteiger partial charge in [-0.3, -0.25) is 48.3 Å². The summed E-state index contributed by atoms with van der Waals surface area (Å²) in [4.78, 5) is 136. The second-order valence-electron chi connectivity index (χ2n) is 20.0. The van der Waals surface area contributed by atoms with E-state index in [0.29, 0.717) is 30.4 Å². The number of nitrogens with zero attached hydrogens (tertiary/aromatic N) is 5. The second-order valence-corrected chi connectivity index (χ2v) is 20.0. The summed E-state index contributed by atoms with van der Waals surface area (Å²) >= 11 is 0. The van der Waals surface area contributed by atoms with Crippen molar-refractivity contribution in [3.8, 4) is 0 Å². The maximum Gasteiger partial charge on any atom is 0.326 e. The van der Waals surface area contributed by atoms with Gasteiger partial charge in [0.15, 0.2) is 11.9 Å². The van der Waals surface area contributed by atoms with E-state index in [4.69, 9.17) is 28.7 Å². The standard InChI is InChI=1S/C55H77N15O11/c1-68(50(77)37(56)21-11-25-61-54(57)58)44(31-36-19-9-4-10-20-36)52(79)70-28-13-23-42(70)48(75)63-32-45(72)64-39(29-34-15-5-2-6-16-34)46(73)67-41(33-71)51(78)69-27-14-24-43(69)49(76)66-40(30-35-17-7-3-8-18-35)47(74)65-38(53(80)81)22-12-26-62-55(59)60/h2-10,15-20,37-44,71H,11-14,21-33,56H2,1H3,(H,63,75)(H,64,72)(H,65,74)(H,66,76)(H,67,73)(H,80,81)(H4,57,58,61)(H4,59,60,62)/t37-,38-,39-,40-,41-,42-,43-,44-/m0/s1. The minimum Gasteiger partial charge on any atom is -0.480 e. The van der Waals surface area contributed by atoms with Crippen LogP contribution in [0.1, 0.15) is 68.1 Å². The molecule has 438 valence electrons. The van der Waals surface area contributed by atoms with Crippen LogP contribution in [0.5, 0.6) is 0 Å². The number of hydrogen-bond donors (Lipinski definition) is 12. The summed E-state index contributed by atoms with van der Waals surface area (Å²) in [6, 6.07) is 16.6. The van der Waals surface area contributed by atoms with E-state index in [1.54, 1.807) is 72.8 Å². The average molecular weight is 1120 g/mol. The third-order valence-corrected chi connectivity index (χ3v) is 14.0. The number of amides is 8. The van der Waals surface area contributed by atoms with Crippen molar-refractivity contribution in [1.29, 1.82) is 0 Å². The van der Waals surface area contributed by atoms with Gasteiger partial charge in [0.05, 0.1) is 19.2 Å². The van der Waals surface area contributed by atoms with Crippen molar-refractivity contribution in [2.75, 3.05) is 46.4 Å². The lowest BCUT2D eigenvalue weighted by Crippen LogP contribution is -2.60. The van der Waals surface area contributed by atoms with Crippen LogP contribution in [0.3, 0.4) is 0 Å². The Morgan fingerprint density at radius 1 is 0.605 bits per heavy atom. The van der Waals surface area contributed by atoms with Crippen molar-refractivity contribution < 1.29 is 53.4 Å². The Labute approximate surface area is 470 Å². The molecule has 0 aromatic heterocycles. The largest absolute Gasteiger partial charge is 0.480 e. The van der Waals surface area contributed by atoms with Crippen LogP contribution >= 0.6 is 0 Å². The minimum atomic E-state index is -1.60. The van der Waals surface area contributed by atoms with Crippen LogP contribution in [0.15, 0.2) is 101 Å². The topological polar surface area (TPSA) is 419 Å². The molecule has 5 rings (SSSR count). The first-order chi connectivity index (χ1) is 38.8. The molecule has 81 heavy (non-hydrogen) atoms. The summed E-state index contributed by atoms with van der Waals surface area (Å²) < 4.78 is 0. The number of rotatable bonds is 30. The number of likely N-dealkylation sites (N-methyl/N-ethyl adjacent to an activating group) is 1. The summed E-state index contributed by atoms with van der Waals surface area (Å²) in [5.41, 5.74) is 29.9. The van der Waals surface area contributed by atoms with E-state index in [9.17, 15) is 53.4 Å². The van der Waals surface area contributed by atoms with Crippen LogP contribution in [-0.4, -0.2) is 185 Å². The van der Waals surface area contributed by atoms with Gasteiger partial charge in [0.2, 0.25) is 47.3 Å². The van der Waals surface area contributed by atoms with E-state index >= 15 is 0 Å². The zero-order valence-corrected chi connectivity index (χ0v) is 45.5. The van der Waals surface area contributed by atoms with Crippen LogP contribution < -0.4 is 55.3 Å². The normalized spacial score (nSPS) is 16.9. The lowest BCUT2D eigenvalue weighted by Gasteiger charge is -2.34. The van der Waals surface area contributed by atoms with Gasteiger partial charge in [-0.15, -0.1) is 0 Å². The predicted molar refractivity (Wildman–Crippen MR) is 300 cm³/mol. The molecule has 0 aliphatic carbocycles. The van der Waals surface area contributed by atoms with Crippen molar-refractivity contribution >= 4 is 65.1 Å². The number of benzene rings is 3. The van der Waals surface area contributed by atoms with E-state index in [1.807, 2.05) is 18.2 Å². The van der Waals surface area contributed by atoms with E-state index in [2.05, 4.69) is 36.6 Å². The van der Waals surface area contributed by atoms with Crippen LogP contribution in [0.2, 0.25) is 0 Å². The SMILES string of the molecule is CN(C(=O)[C@@H](N)CCCN=C(N)N)[C@@H](Cc1ccccc1)C(=O)N1CCC[C@H]1C(=O)NCC(=O)N[C@@H](Cc1ccccc1)C(=O)N[C@@H](CO)C(=O)N1CCC[C@H]1C(=O)N[C@@H](Cc1ccccc1)C(=O)N[C@@H](CCCN=C(N)N)C(=O)O. The number of likely N-dealkylation sites (tertiary alicyclic amines) is 2. The molecule has 17 N–H and O–H groups in total. The monoisotopic (exact) mass is 1120 g/mol. The molecular weight excluding hydrogens is 1050 g/mol. The Bertz CT molecular complexity index is 2680. The van der Waals surface area contributed by atoms with Gasteiger partial charge in [0, 0.05) is 52.5 Å². The molecule has 2 aliphatic heterocycles. The zero-order valence-electron chi connectivity index (χ0n) is 45.5. The number of aliphatic imine (C=N–C) groups is 2. The van der Waals surface area contributed by atoms with Crippen molar-refractivity contribution in [2.45, 2.75) is 119 Å². The highest BCUT2D eigenvalue weighted by molar-refractivity contribution is 5.98. The number of aliphatic carboxylic acids is 1. The van der Waals surface area contributed by atoms with Gasteiger partial charge in [-0.2, -0.15) is 0 Å². The first-order valence-electron chi connectivity index (χ1n) is 26.9. The molecule has 26 heteroatoms. The minimum absolute atomic E-state index is 0.0255. The van der Waals surface area contributed by atoms with Crippen LogP contribution in [-0.2, 0) is 62.4 Å². The molecule has 0 unspecified atom stereocenters. The molecule has 0 bridgehead atoms.